The third kappa shape index (κ3) is 4.94. The van der Waals surface area contributed by atoms with Crippen LogP contribution in [0, 0.1) is 11.8 Å². The van der Waals surface area contributed by atoms with Crippen LogP contribution in [-0.2, 0) is 19.1 Å². The second kappa shape index (κ2) is 8.34. The molecule has 2 unspecified atom stereocenters. The van der Waals surface area contributed by atoms with Crippen molar-refractivity contribution < 1.29 is 23.9 Å². The van der Waals surface area contributed by atoms with Crippen LogP contribution in [0.4, 0.5) is 4.79 Å². The summed E-state index contributed by atoms with van der Waals surface area (Å²) < 4.78 is 4.93. The average Bonchev–Trinajstić information content (AvgIpc) is 3.33. The van der Waals surface area contributed by atoms with E-state index in [4.69, 9.17) is 4.74 Å². The van der Waals surface area contributed by atoms with E-state index in [1.54, 1.807) is 30.6 Å². The molecule has 9 heteroatoms. The van der Waals surface area contributed by atoms with Crippen LogP contribution in [0.3, 0.4) is 0 Å². The van der Waals surface area contributed by atoms with E-state index < -0.39 is 17.1 Å². The summed E-state index contributed by atoms with van der Waals surface area (Å²) >= 11 is 0.849. The van der Waals surface area contributed by atoms with Crippen LogP contribution < -0.4 is 5.32 Å². The van der Waals surface area contributed by atoms with Gasteiger partial charge < -0.3 is 10.1 Å². The first-order valence-electron chi connectivity index (χ1n) is 8.54. The van der Waals surface area contributed by atoms with E-state index >= 15 is 0 Å². The zero-order valence-electron chi connectivity index (χ0n) is 14.7. The SMILES string of the molecule is CC1CC1C(=O)OCC(=O)NCCN1C(=O)S/C(=C\c2cccnc2)C1=O. The number of imide groups is 1. The minimum absolute atomic E-state index is 0.0500. The Labute approximate surface area is 160 Å². The molecule has 0 aromatic carbocycles. The van der Waals surface area contributed by atoms with Gasteiger partial charge in [-0.2, -0.15) is 0 Å². The standard InChI is InChI=1S/C18H19N3O5S/c1-11-7-13(11)17(24)26-10-15(22)20-5-6-21-16(23)14(27-18(21)25)8-12-3-2-4-19-9-12/h2-4,8-9,11,13H,5-7,10H2,1H3,(H,20,22)/b14-8-. The predicted molar refractivity (Wildman–Crippen MR) is 98.2 cm³/mol. The van der Waals surface area contributed by atoms with Gasteiger partial charge in [0.05, 0.1) is 10.8 Å². The summed E-state index contributed by atoms with van der Waals surface area (Å²) in [6, 6.07) is 3.52. The second-order valence-corrected chi connectivity index (χ2v) is 7.39. The van der Waals surface area contributed by atoms with E-state index in [9.17, 15) is 19.2 Å². The van der Waals surface area contributed by atoms with Gasteiger partial charge in [-0.3, -0.25) is 29.1 Å². The van der Waals surface area contributed by atoms with E-state index in [2.05, 4.69) is 10.3 Å². The number of rotatable bonds is 7. The van der Waals surface area contributed by atoms with Gasteiger partial charge in [0.2, 0.25) is 0 Å². The van der Waals surface area contributed by atoms with Crippen molar-refractivity contribution in [2.45, 2.75) is 13.3 Å². The third-order valence-electron chi connectivity index (χ3n) is 4.27. The molecule has 0 bridgehead atoms. The number of carbonyl (C=O) groups is 4. The molecule has 2 aliphatic rings. The van der Waals surface area contributed by atoms with Gasteiger partial charge in [-0.15, -0.1) is 0 Å². The Bertz CT molecular complexity index is 795. The van der Waals surface area contributed by atoms with Crippen molar-refractivity contribution in [1.82, 2.24) is 15.2 Å². The van der Waals surface area contributed by atoms with Crippen molar-refractivity contribution in [3.8, 4) is 0 Å². The van der Waals surface area contributed by atoms with Crippen LogP contribution in [-0.4, -0.2) is 52.6 Å². The van der Waals surface area contributed by atoms with Crippen molar-refractivity contribution in [3.63, 3.8) is 0 Å². The van der Waals surface area contributed by atoms with E-state index in [-0.39, 0.29) is 31.6 Å². The summed E-state index contributed by atoms with van der Waals surface area (Å²) in [6.07, 6.45) is 5.62. The highest BCUT2D eigenvalue weighted by Crippen LogP contribution is 2.38. The van der Waals surface area contributed by atoms with Crippen LogP contribution in [0.25, 0.3) is 6.08 Å². The van der Waals surface area contributed by atoms with Gasteiger partial charge in [-0.1, -0.05) is 13.0 Å². The van der Waals surface area contributed by atoms with E-state index in [0.29, 0.717) is 10.8 Å². The van der Waals surface area contributed by atoms with Crippen LogP contribution in [0.2, 0.25) is 0 Å². The molecule has 2 heterocycles. The second-order valence-electron chi connectivity index (χ2n) is 6.40. The smallest absolute Gasteiger partial charge is 0.309 e. The number of ether oxygens (including phenoxy) is 1. The van der Waals surface area contributed by atoms with Crippen molar-refractivity contribution in [2.24, 2.45) is 11.8 Å². The predicted octanol–water partition coefficient (Wildman–Crippen LogP) is 1.43. The highest BCUT2D eigenvalue weighted by atomic mass is 32.2. The monoisotopic (exact) mass is 389 g/mol. The number of nitrogens with zero attached hydrogens (tertiary/aromatic N) is 2. The van der Waals surface area contributed by atoms with Crippen LogP contribution in [0.15, 0.2) is 29.4 Å². The molecule has 1 saturated carbocycles. The number of carbonyl (C=O) groups excluding carboxylic acids is 4. The van der Waals surface area contributed by atoms with Crippen molar-refractivity contribution in [1.29, 1.82) is 0 Å². The zero-order valence-corrected chi connectivity index (χ0v) is 15.5. The number of thioether (sulfide) groups is 1. The Balaban J connectivity index is 1.43. The van der Waals surface area contributed by atoms with Gasteiger partial charge in [0.1, 0.15) is 0 Å². The Kier molecular flexibility index (Phi) is 5.90. The summed E-state index contributed by atoms with van der Waals surface area (Å²) in [5.74, 6) is -1.00. The lowest BCUT2D eigenvalue weighted by atomic mass is 10.2. The summed E-state index contributed by atoms with van der Waals surface area (Å²) in [5, 5.41) is 2.15. The normalized spacial score (nSPS) is 22.9. The molecule has 142 valence electrons. The fourth-order valence-corrected chi connectivity index (χ4v) is 3.42. The molecule has 3 rings (SSSR count). The molecule has 1 saturated heterocycles. The molecule has 1 aliphatic heterocycles. The summed E-state index contributed by atoms with van der Waals surface area (Å²) in [7, 11) is 0. The Hall–Kier alpha value is -2.68. The average molecular weight is 389 g/mol. The molecule has 2 fully saturated rings. The third-order valence-corrected chi connectivity index (χ3v) is 5.18. The van der Waals surface area contributed by atoms with E-state index in [1.807, 2.05) is 6.92 Å². The van der Waals surface area contributed by atoms with Crippen molar-refractivity contribution in [2.75, 3.05) is 19.7 Å². The maximum absolute atomic E-state index is 12.3. The molecule has 27 heavy (non-hydrogen) atoms. The van der Waals surface area contributed by atoms with Gasteiger partial charge in [-0.25, -0.2) is 0 Å². The van der Waals surface area contributed by atoms with Crippen LogP contribution >= 0.6 is 11.8 Å². The summed E-state index contributed by atoms with van der Waals surface area (Å²) in [4.78, 5) is 53.0. The first-order valence-corrected chi connectivity index (χ1v) is 9.36. The molecule has 0 radical (unpaired) electrons. The minimum Gasteiger partial charge on any atom is -0.455 e. The quantitative estimate of drug-likeness (QED) is 0.555. The maximum Gasteiger partial charge on any atom is 0.309 e. The molecule has 0 spiro atoms. The molecular formula is C18H19N3O5S. The van der Waals surface area contributed by atoms with Gasteiger partial charge >= 0.3 is 5.97 Å². The number of esters is 1. The number of hydrogen-bond acceptors (Lipinski definition) is 7. The molecule has 1 N–H and O–H groups in total. The molecule has 3 amide bonds. The molecule has 2 atom stereocenters. The van der Waals surface area contributed by atoms with Gasteiger partial charge in [0.15, 0.2) is 6.61 Å². The minimum atomic E-state index is -0.463. The largest absolute Gasteiger partial charge is 0.455 e. The van der Waals surface area contributed by atoms with Gasteiger partial charge in [-0.05, 0) is 41.8 Å². The highest BCUT2D eigenvalue weighted by Gasteiger charge is 2.40. The fourth-order valence-electron chi connectivity index (χ4n) is 2.56. The van der Waals surface area contributed by atoms with Crippen LogP contribution in [0.5, 0.6) is 0 Å². The molecule has 1 aromatic heterocycles. The zero-order chi connectivity index (χ0) is 19.4. The number of hydrogen-bond donors (Lipinski definition) is 1. The summed E-state index contributed by atoms with van der Waals surface area (Å²) in [5.41, 5.74) is 0.725. The van der Waals surface area contributed by atoms with E-state index in [1.165, 1.54) is 0 Å². The molecule has 1 aromatic rings. The highest BCUT2D eigenvalue weighted by molar-refractivity contribution is 8.18. The topological polar surface area (TPSA) is 106 Å². The van der Waals surface area contributed by atoms with Crippen molar-refractivity contribution >= 4 is 40.9 Å². The summed E-state index contributed by atoms with van der Waals surface area (Å²) in [6.45, 7) is 1.73. The Morgan fingerprint density at radius 2 is 2.22 bits per heavy atom. The first-order chi connectivity index (χ1) is 13.0. The van der Waals surface area contributed by atoms with Crippen LogP contribution in [0.1, 0.15) is 18.9 Å². The lowest BCUT2D eigenvalue weighted by Gasteiger charge is -2.13. The number of pyridine rings is 1. The van der Waals surface area contributed by atoms with Crippen molar-refractivity contribution in [3.05, 3.63) is 35.0 Å². The lowest BCUT2D eigenvalue weighted by Crippen LogP contribution is -2.38. The molecule has 8 nitrogen and oxygen atoms in total. The molecular weight excluding hydrogens is 370 g/mol. The van der Waals surface area contributed by atoms with Gasteiger partial charge in [0, 0.05) is 25.5 Å². The lowest BCUT2D eigenvalue weighted by molar-refractivity contribution is -0.150. The maximum atomic E-state index is 12.3. The number of nitrogens with one attached hydrogen (secondary N) is 1. The van der Waals surface area contributed by atoms with E-state index in [0.717, 1.165) is 28.6 Å². The Morgan fingerprint density at radius 1 is 1.44 bits per heavy atom. The molecule has 1 aliphatic carbocycles. The first kappa shape index (κ1) is 19.1. The number of amides is 3. The fraction of sp³-hybridized carbons (Fsp3) is 0.389. The number of aromatic nitrogens is 1. The van der Waals surface area contributed by atoms with Gasteiger partial charge in [0.25, 0.3) is 17.1 Å². The Morgan fingerprint density at radius 3 is 2.89 bits per heavy atom.